The molecule has 0 saturated heterocycles. The maximum absolute atomic E-state index is 12.9. The first-order chi connectivity index (χ1) is 12.0. The van der Waals surface area contributed by atoms with Gasteiger partial charge < -0.3 is 4.74 Å². The van der Waals surface area contributed by atoms with Gasteiger partial charge in [0.2, 0.25) is 0 Å². The number of methoxy groups -OCH3 is 1. The lowest BCUT2D eigenvalue weighted by Crippen LogP contribution is -2.36. The van der Waals surface area contributed by atoms with Crippen molar-refractivity contribution in [3.63, 3.8) is 0 Å². The van der Waals surface area contributed by atoms with Crippen LogP contribution in [0, 0.1) is 5.41 Å². The van der Waals surface area contributed by atoms with Crippen molar-refractivity contribution in [2.24, 2.45) is 5.41 Å². The van der Waals surface area contributed by atoms with Gasteiger partial charge in [0, 0.05) is 24.7 Å². The summed E-state index contributed by atoms with van der Waals surface area (Å²) in [4.78, 5) is 22.1. The number of nitrogens with zero attached hydrogens (tertiary/aromatic N) is 3. The van der Waals surface area contributed by atoms with Crippen LogP contribution in [0.5, 0.6) is 5.75 Å². The van der Waals surface area contributed by atoms with E-state index in [0.717, 1.165) is 42.0 Å². The zero-order chi connectivity index (χ0) is 17.6. The van der Waals surface area contributed by atoms with Gasteiger partial charge in [0.05, 0.1) is 18.0 Å². The summed E-state index contributed by atoms with van der Waals surface area (Å²) in [5.74, 6) is 1.58. The topological polar surface area (TPSA) is 57.0 Å². The maximum atomic E-state index is 12.9. The average Bonchev–Trinajstić information content (AvgIpc) is 2.62. The molecular formula is C20H21N3O2. The lowest BCUT2D eigenvalue weighted by molar-refractivity contribution is 0.240. The van der Waals surface area contributed by atoms with E-state index in [4.69, 9.17) is 9.72 Å². The van der Waals surface area contributed by atoms with Crippen molar-refractivity contribution in [1.29, 1.82) is 0 Å². The lowest BCUT2D eigenvalue weighted by Gasteiger charge is -2.31. The van der Waals surface area contributed by atoms with Crippen molar-refractivity contribution < 1.29 is 4.74 Å². The van der Waals surface area contributed by atoms with Crippen LogP contribution in [0.1, 0.15) is 26.1 Å². The van der Waals surface area contributed by atoms with Gasteiger partial charge >= 0.3 is 0 Å². The van der Waals surface area contributed by atoms with Crippen molar-refractivity contribution in [3.8, 4) is 17.0 Å². The SMILES string of the molecule is COc1cccnc1-c1ccc2c(=O)n3c(nc2c1)CCC(C)(C)C3. The molecule has 5 heteroatoms. The van der Waals surface area contributed by atoms with E-state index in [1.54, 1.807) is 13.3 Å². The summed E-state index contributed by atoms with van der Waals surface area (Å²) < 4.78 is 7.24. The number of aromatic nitrogens is 3. The van der Waals surface area contributed by atoms with Gasteiger partial charge in [0.25, 0.3) is 5.56 Å². The minimum absolute atomic E-state index is 0.0484. The zero-order valence-corrected chi connectivity index (χ0v) is 14.7. The third-order valence-electron chi connectivity index (χ3n) is 4.91. The molecule has 4 rings (SSSR count). The summed E-state index contributed by atoms with van der Waals surface area (Å²) in [5.41, 5.74) is 2.56. The van der Waals surface area contributed by atoms with Crippen LogP contribution in [-0.4, -0.2) is 21.6 Å². The predicted molar refractivity (Wildman–Crippen MR) is 97.9 cm³/mol. The Morgan fingerprint density at radius 3 is 2.88 bits per heavy atom. The van der Waals surface area contributed by atoms with E-state index in [0.29, 0.717) is 11.1 Å². The van der Waals surface area contributed by atoms with Crippen LogP contribution in [0.2, 0.25) is 0 Å². The van der Waals surface area contributed by atoms with E-state index in [-0.39, 0.29) is 11.0 Å². The van der Waals surface area contributed by atoms with Crippen LogP contribution in [0.3, 0.4) is 0 Å². The Kier molecular flexibility index (Phi) is 3.60. The van der Waals surface area contributed by atoms with Crippen molar-refractivity contribution >= 4 is 10.9 Å². The summed E-state index contributed by atoms with van der Waals surface area (Å²) >= 11 is 0. The molecule has 1 aromatic carbocycles. The summed E-state index contributed by atoms with van der Waals surface area (Å²) in [5, 5.41) is 0.653. The molecule has 2 aromatic heterocycles. The second-order valence-corrected chi connectivity index (χ2v) is 7.37. The molecule has 0 N–H and O–H groups in total. The van der Waals surface area contributed by atoms with Crippen LogP contribution < -0.4 is 10.3 Å². The Balaban J connectivity index is 1.89. The third kappa shape index (κ3) is 2.69. The number of hydrogen-bond donors (Lipinski definition) is 0. The monoisotopic (exact) mass is 335 g/mol. The van der Waals surface area contributed by atoms with E-state index in [1.807, 2.05) is 34.9 Å². The molecule has 0 aliphatic carbocycles. The summed E-state index contributed by atoms with van der Waals surface area (Å²) in [6.45, 7) is 5.12. The number of pyridine rings is 1. The third-order valence-corrected chi connectivity index (χ3v) is 4.91. The van der Waals surface area contributed by atoms with Gasteiger partial charge in [-0.25, -0.2) is 4.98 Å². The van der Waals surface area contributed by atoms with Gasteiger partial charge in [-0.05, 0) is 36.1 Å². The maximum Gasteiger partial charge on any atom is 0.261 e. The van der Waals surface area contributed by atoms with Gasteiger partial charge in [-0.15, -0.1) is 0 Å². The van der Waals surface area contributed by atoms with E-state index < -0.39 is 0 Å². The fourth-order valence-electron chi connectivity index (χ4n) is 3.50. The lowest BCUT2D eigenvalue weighted by atomic mass is 9.85. The summed E-state index contributed by atoms with van der Waals surface area (Å²) in [7, 11) is 1.63. The molecule has 0 amide bonds. The fourth-order valence-corrected chi connectivity index (χ4v) is 3.50. The Morgan fingerprint density at radius 1 is 1.24 bits per heavy atom. The second-order valence-electron chi connectivity index (χ2n) is 7.37. The smallest absolute Gasteiger partial charge is 0.261 e. The number of hydrogen-bond acceptors (Lipinski definition) is 4. The Bertz CT molecular complexity index is 1020. The molecule has 0 atom stereocenters. The Labute approximate surface area is 146 Å². The standard InChI is InChI=1S/C20H21N3O2/c1-20(2)9-8-17-22-15-11-13(18-16(25-3)5-4-10-21-18)6-7-14(15)19(24)23(17)12-20/h4-7,10-11H,8-9,12H2,1-3H3. The normalized spacial score (nSPS) is 15.8. The minimum atomic E-state index is 0.0484. The fraction of sp³-hybridized carbons (Fsp3) is 0.350. The Morgan fingerprint density at radius 2 is 2.08 bits per heavy atom. The van der Waals surface area contributed by atoms with E-state index in [9.17, 15) is 4.79 Å². The van der Waals surface area contributed by atoms with Crippen LogP contribution in [0.25, 0.3) is 22.2 Å². The Hall–Kier alpha value is -2.69. The number of fused-ring (bicyclic) bond motifs is 2. The first kappa shape index (κ1) is 15.8. The molecule has 5 nitrogen and oxygen atoms in total. The molecule has 0 spiro atoms. The van der Waals surface area contributed by atoms with Gasteiger partial charge in [0.15, 0.2) is 0 Å². The van der Waals surface area contributed by atoms with Crippen molar-refractivity contribution in [3.05, 3.63) is 52.7 Å². The molecule has 3 heterocycles. The number of rotatable bonds is 2. The quantitative estimate of drug-likeness (QED) is 0.720. The highest BCUT2D eigenvalue weighted by molar-refractivity contribution is 5.84. The summed E-state index contributed by atoms with van der Waals surface area (Å²) in [6, 6.07) is 9.41. The molecule has 0 fully saturated rings. The first-order valence-corrected chi connectivity index (χ1v) is 8.51. The first-order valence-electron chi connectivity index (χ1n) is 8.51. The highest BCUT2D eigenvalue weighted by atomic mass is 16.5. The zero-order valence-electron chi connectivity index (χ0n) is 14.7. The molecule has 0 radical (unpaired) electrons. The molecule has 1 aliphatic heterocycles. The van der Waals surface area contributed by atoms with Gasteiger partial charge in [-0.1, -0.05) is 19.9 Å². The second kappa shape index (κ2) is 5.69. The molecule has 0 saturated carbocycles. The molecule has 128 valence electrons. The van der Waals surface area contributed by atoms with Crippen LogP contribution >= 0.6 is 0 Å². The highest BCUT2D eigenvalue weighted by Crippen LogP contribution is 2.31. The largest absolute Gasteiger partial charge is 0.494 e. The van der Waals surface area contributed by atoms with E-state index >= 15 is 0 Å². The minimum Gasteiger partial charge on any atom is -0.494 e. The molecule has 25 heavy (non-hydrogen) atoms. The van der Waals surface area contributed by atoms with Crippen molar-refractivity contribution in [2.45, 2.75) is 33.2 Å². The van der Waals surface area contributed by atoms with Gasteiger partial charge in [0.1, 0.15) is 17.3 Å². The van der Waals surface area contributed by atoms with E-state index in [2.05, 4.69) is 18.8 Å². The predicted octanol–water partition coefficient (Wildman–Crippen LogP) is 3.44. The number of ether oxygens (including phenoxy) is 1. The number of aryl methyl sites for hydroxylation is 1. The van der Waals surface area contributed by atoms with Crippen molar-refractivity contribution in [2.75, 3.05) is 7.11 Å². The van der Waals surface area contributed by atoms with Crippen LogP contribution in [0.15, 0.2) is 41.3 Å². The van der Waals surface area contributed by atoms with Crippen LogP contribution in [0.4, 0.5) is 0 Å². The van der Waals surface area contributed by atoms with Crippen LogP contribution in [-0.2, 0) is 13.0 Å². The average molecular weight is 335 g/mol. The highest BCUT2D eigenvalue weighted by Gasteiger charge is 2.27. The number of benzene rings is 1. The molecule has 1 aliphatic rings. The van der Waals surface area contributed by atoms with E-state index in [1.165, 1.54) is 0 Å². The molecule has 0 unspecified atom stereocenters. The van der Waals surface area contributed by atoms with Gasteiger partial charge in [-0.2, -0.15) is 0 Å². The van der Waals surface area contributed by atoms with Crippen molar-refractivity contribution in [1.82, 2.24) is 14.5 Å². The van der Waals surface area contributed by atoms with Gasteiger partial charge in [-0.3, -0.25) is 14.3 Å². The molecule has 0 bridgehead atoms. The molecule has 3 aromatic rings. The summed E-state index contributed by atoms with van der Waals surface area (Å²) in [6.07, 6.45) is 3.60. The molecular weight excluding hydrogens is 314 g/mol.